The van der Waals surface area contributed by atoms with E-state index in [1.54, 1.807) is 15.3 Å². The van der Waals surface area contributed by atoms with Gasteiger partial charge in [0, 0.05) is 32.7 Å². The number of amides is 3. The van der Waals surface area contributed by atoms with E-state index in [9.17, 15) is 19.6 Å². The number of piperidine rings is 2. The summed E-state index contributed by atoms with van der Waals surface area (Å²) in [5.41, 5.74) is 2.97. The van der Waals surface area contributed by atoms with Gasteiger partial charge in [0.15, 0.2) is 0 Å². The number of nitrogens with one attached hydrogen (secondary N) is 2. The van der Waals surface area contributed by atoms with Gasteiger partial charge in [0.05, 0.1) is 12.0 Å². The molecule has 3 fully saturated rings. The number of hydrogen-bond acceptors (Lipinski definition) is 6. The van der Waals surface area contributed by atoms with Crippen molar-refractivity contribution < 1.29 is 24.3 Å². The van der Waals surface area contributed by atoms with Crippen molar-refractivity contribution in [2.45, 2.75) is 50.2 Å². The fourth-order valence-electron chi connectivity index (χ4n) is 5.07. The van der Waals surface area contributed by atoms with Crippen molar-refractivity contribution in [3.8, 4) is 0 Å². The average molecular weight is 445 g/mol. The summed E-state index contributed by atoms with van der Waals surface area (Å²) in [6.07, 6.45) is 2.94. The Morgan fingerprint density at radius 1 is 1.00 bits per heavy atom. The molecule has 1 aromatic rings. The number of carbonyl (C=O) groups excluding carboxylic acids is 3. The molecule has 0 spiro atoms. The number of likely N-dealkylation sites (tertiary alicyclic amines) is 2. The number of carbonyl (C=O) groups is 3. The van der Waals surface area contributed by atoms with Crippen LogP contribution in [0.25, 0.3) is 0 Å². The van der Waals surface area contributed by atoms with Crippen LogP contribution in [0.2, 0.25) is 0 Å². The van der Waals surface area contributed by atoms with Gasteiger partial charge in [-0.2, -0.15) is 0 Å². The number of hydroxylamine groups is 1. The minimum Gasteiger partial charge on any atom is -0.445 e. The van der Waals surface area contributed by atoms with E-state index < -0.39 is 24.0 Å². The van der Waals surface area contributed by atoms with Crippen LogP contribution in [-0.4, -0.2) is 77.8 Å². The molecule has 1 aromatic carbocycles. The Morgan fingerprint density at radius 3 is 2.34 bits per heavy atom. The zero-order chi connectivity index (χ0) is 22.5. The highest BCUT2D eigenvalue weighted by atomic mass is 16.6. The molecule has 3 aliphatic heterocycles. The van der Waals surface area contributed by atoms with E-state index in [4.69, 9.17) is 4.74 Å². The van der Waals surface area contributed by atoms with Crippen LogP contribution < -0.4 is 10.8 Å². The van der Waals surface area contributed by atoms with E-state index in [-0.39, 0.29) is 18.4 Å². The lowest BCUT2D eigenvalue weighted by Crippen LogP contribution is -2.60. The summed E-state index contributed by atoms with van der Waals surface area (Å²) >= 11 is 0. The van der Waals surface area contributed by atoms with Crippen LogP contribution in [0.3, 0.4) is 0 Å². The van der Waals surface area contributed by atoms with Crippen molar-refractivity contribution >= 4 is 17.9 Å². The SMILES string of the molecule is O=C(NO)[C@H]1C[C@H](OC(=O)N2CCCC2)CN[C@@H]1C(=O)N1CCC(c2ccccc2)CC1. The number of nitrogens with zero attached hydrogens (tertiary/aromatic N) is 2. The van der Waals surface area contributed by atoms with Crippen molar-refractivity contribution in [3.05, 3.63) is 35.9 Å². The van der Waals surface area contributed by atoms with Crippen LogP contribution in [0.1, 0.15) is 43.6 Å². The average Bonchev–Trinajstić information content (AvgIpc) is 3.39. The normalized spacial score (nSPS) is 26.6. The zero-order valence-corrected chi connectivity index (χ0v) is 18.2. The molecule has 3 amide bonds. The maximum Gasteiger partial charge on any atom is 0.410 e. The number of rotatable bonds is 4. The second-order valence-electron chi connectivity index (χ2n) is 8.91. The highest BCUT2D eigenvalue weighted by Gasteiger charge is 2.43. The molecule has 0 aliphatic carbocycles. The van der Waals surface area contributed by atoms with Crippen molar-refractivity contribution in [1.29, 1.82) is 0 Å². The van der Waals surface area contributed by atoms with Gasteiger partial charge in [-0.25, -0.2) is 10.3 Å². The first kappa shape index (κ1) is 22.5. The van der Waals surface area contributed by atoms with E-state index in [2.05, 4.69) is 17.4 Å². The lowest BCUT2D eigenvalue weighted by molar-refractivity contribution is -0.146. The molecular weight excluding hydrogens is 412 g/mol. The third kappa shape index (κ3) is 5.05. The van der Waals surface area contributed by atoms with E-state index in [0.29, 0.717) is 38.6 Å². The Morgan fingerprint density at radius 2 is 1.69 bits per heavy atom. The van der Waals surface area contributed by atoms with Gasteiger partial charge in [0.1, 0.15) is 6.10 Å². The molecule has 4 rings (SSSR count). The first-order valence-electron chi connectivity index (χ1n) is 11.5. The maximum absolute atomic E-state index is 13.3. The van der Waals surface area contributed by atoms with Gasteiger partial charge in [0.2, 0.25) is 11.8 Å². The number of hydrogen-bond donors (Lipinski definition) is 3. The third-order valence-electron chi connectivity index (χ3n) is 6.91. The van der Waals surface area contributed by atoms with Gasteiger partial charge in [-0.3, -0.25) is 14.8 Å². The molecule has 174 valence electrons. The molecule has 0 unspecified atom stereocenters. The Labute approximate surface area is 188 Å². The van der Waals surface area contributed by atoms with Crippen molar-refractivity contribution in [2.24, 2.45) is 5.92 Å². The second kappa shape index (κ2) is 10.3. The fourth-order valence-corrected chi connectivity index (χ4v) is 5.07. The van der Waals surface area contributed by atoms with Crippen LogP contribution >= 0.6 is 0 Å². The number of ether oxygens (including phenoxy) is 1. The van der Waals surface area contributed by atoms with E-state index in [1.165, 1.54) is 5.56 Å². The lowest BCUT2D eigenvalue weighted by Gasteiger charge is -2.39. The minimum atomic E-state index is -0.815. The summed E-state index contributed by atoms with van der Waals surface area (Å²) in [5, 5.41) is 12.3. The predicted molar refractivity (Wildman–Crippen MR) is 116 cm³/mol. The van der Waals surface area contributed by atoms with Gasteiger partial charge >= 0.3 is 6.09 Å². The molecule has 0 radical (unpaired) electrons. The maximum atomic E-state index is 13.3. The Hall–Kier alpha value is -2.65. The van der Waals surface area contributed by atoms with E-state index >= 15 is 0 Å². The minimum absolute atomic E-state index is 0.144. The quantitative estimate of drug-likeness (QED) is 0.479. The molecule has 3 saturated heterocycles. The van der Waals surface area contributed by atoms with Gasteiger partial charge in [0.25, 0.3) is 0 Å². The summed E-state index contributed by atoms with van der Waals surface area (Å²) < 4.78 is 5.57. The molecule has 3 N–H and O–H groups in total. The summed E-state index contributed by atoms with van der Waals surface area (Å²) in [5.74, 6) is -1.18. The Kier molecular flexibility index (Phi) is 7.26. The van der Waals surface area contributed by atoms with E-state index in [0.717, 1.165) is 25.7 Å². The highest BCUT2D eigenvalue weighted by molar-refractivity contribution is 5.90. The molecule has 0 aromatic heterocycles. The van der Waals surface area contributed by atoms with Gasteiger partial charge in [-0.1, -0.05) is 30.3 Å². The van der Waals surface area contributed by atoms with Crippen LogP contribution in [0.15, 0.2) is 30.3 Å². The van der Waals surface area contributed by atoms with Crippen molar-refractivity contribution in [1.82, 2.24) is 20.6 Å². The largest absolute Gasteiger partial charge is 0.445 e. The topological polar surface area (TPSA) is 111 Å². The zero-order valence-electron chi connectivity index (χ0n) is 18.2. The monoisotopic (exact) mass is 444 g/mol. The molecule has 0 saturated carbocycles. The van der Waals surface area contributed by atoms with Crippen LogP contribution in [0.4, 0.5) is 4.79 Å². The second-order valence-corrected chi connectivity index (χ2v) is 8.91. The Balaban J connectivity index is 1.35. The van der Waals surface area contributed by atoms with Gasteiger partial charge < -0.3 is 19.9 Å². The standard InChI is InChI=1S/C23H32N4O5/c28-21(25-31)19-14-18(32-23(30)27-10-4-5-11-27)15-24-20(19)22(29)26-12-8-17(9-13-26)16-6-2-1-3-7-16/h1-3,6-7,17-20,24,31H,4-5,8-15H2,(H,25,28)/t18-,19-,20-/m0/s1. The molecule has 3 heterocycles. The molecule has 3 atom stereocenters. The molecule has 9 nitrogen and oxygen atoms in total. The van der Waals surface area contributed by atoms with Crippen LogP contribution in [0.5, 0.6) is 0 Å². The molecule has 9 heteroatoms. The first-order valence-corrected chi connectivity index (χ1v) is 11.5. The highest BCUT2D eigenvalue weighted by Crippen LogP contribution is 2.29. The molecule has 0 bridgehead atoms. The molecule has 32 heavy (non-hydrogen) atoms. The van der Waals surface area contributed by atoms with Crippen molar-refractivity contribution in [3.63, 3.8) is 0 Å². The summed E-state index contributed by atoms with van der Waals surface area (Å²) in [6, 6.07) is 9.55. The van der Waals surface area contributed by atoms with Crippen LogP contribution in [-0.2, 0) is 14.3 Å². The first-order chi connectivity index (χ1) is 15.6. The van der Waals surface area contributed by atoms with Gasteiger partial charge in [-0.15, -0.1) is 0 Å². The number of benzene rings is 1. The summed E-state index contributed by atoms with van der Waals surface area (Å²) in [4.78, 5) is 41.4. The predicted octanol–water partition coefficient (Wildman–Crippen LogP) is 1.48. The summed E-state index contributed by atoms with van der Waals surface area (Å²) in [6.45, 7) is 2.90. The smallest absolute Gasteiger partial charge is 0.410 e. The van der Waals surface area contributed by atoms with Gasteiger partial charge in [-0.05, 0) is 43.6 Å². The molecule has 3 aliphatic rings. The van der Waals surface area contributed by atoms with E-state index in [1.807, 2.05) is 18.2 Å². The Bertz CT molecular complexity index is 806. The van der Waals surface area contributed by atoms with Crippen molar-refractivity contribution in [2.75, 3.05) is 32.7 Å². The third-order valence-corrected chi connectivity index (χ3v) is 6.91. The fraction of sp³-hybridized carbons (Fsp3) is 0.609. The lowest BCUT2D eigenvalue weighted by atomic mass is 9.86. The van der Waals surface area contributed by atoms with Crippen LogP contribution in [0, 0.1) is 5.92 Å². The molecular formula is C23H32N4O5. The summed E-state index contributed by atoms with van der Waals surface area (Å²) in [7, 11) is 0.